The second kappa shape index (κ2) is 8.73. The normalized spacial score (nSPS) is 23.1. The third-order valence-corrected chi connectivity index (χ3v) is 4.89. The van der Waals surface area contributed by atoms with Crippen molar-refractivity contribution in [1.82, 2.24) is 15.1 Å². The highest BCUT2D eigenvalue weighted by molar-refractivity contribution is 5.85. The fourth-order valence-electron chi connectivity index (χ4n) is 3.17. The Labute approximate surface area is 140 Å². The Balaban J connectivity index is 0.00000242. The Morgan fingerprint density at radius 3 is 2.27 bits per heavy atom. The summed E-state index contributed by atoms with van der Waals surface area (Å²) in [7, 11) is 1.87. The van der Waals surface area contributed by atoms with Crippen LogP contribution in [0.5, 0.6) is 0 Å². The molecule has 0 aromatic carbocycles. The fourth-order valence-corrected chi connectivity index (χ4v) is 3.17. The number of carbonyl (C=O) groups excluding carboxylic acids is 2. The average molecular weight is 332 g/mol. The van der Waals surface area contributed by atoms with E-state index in [1.807, 2.05) is 30.7 Å². The molecular formula is C16H30ClN3O2. The molecule has 0 aromatic rings. The first-order chi connectivity index (χ1) is 10.0. The van der Waals surface area contributed by atoms with Crippen molar-refractivity contribution in [1.29, 1.82) is 0 Å². The van der Waals surface area contributed by atoms with Crippen LogP contribution in [0.25, 0.3) is 0 Å². The molecule has 0 aliphatic carbocycles. The maximum Gasteiger partial charge on any atom is 0.239 e. The van der Waals surface area contributed by atoms with Gasteiger partial charge in [-0.3, -0.25) is 9.59 Å². The fraction of sp³-hybridized carbons (Fsp3) is 0.875. The van der Waals surface area contributed by atoms with Gasteiger partial charge < -0.3 is 15.1 Å². The Morgan fingerprint density at radius 2 is 1.77 bits per heavy atom. The first kappa shape index (κ1) is 19.2. The van der Waals surface area contributed by atoms with Crippen LogP contribution in [-0.4, -0.2) is 60.4 Å². The molecule has 2 aliphatic heterocycles. The molecule has 2 saturated heterocycles. The Kier molecular flexibility index (Phi) is 7.63. The van der Waals surface area contributed by atoms with Gasteiger partial charge in [0.2, 0.25) is 11.8 Å². The first-order valence-electron chi connectivity index (χ1n) is 8.29. The lowest BCUT2D eigenvalue weighted by Crippen LogP contribution is -2.52. The van der Waals surface area contributed by atoms with E-state index in [9.17, 15) is 9.59 Å². The molecule has 6 heteroatoms. The van der Waals surface area contributed by atoms with E-state index in [1.54, 1.807) is 0 Å². The topological polar surface area (TPSA) is 52.7 Å². The number of amides is 2. The summed E-state index contributed by atoms with van der Waals surface area (Å²) in [5.41, 5.74) is 0. The van der Waals surface area contributed by atoms with Crippen LogP contribution in [0.15, 0.2) is 0 Å². The molecular weight excluding hydrogens is 302 g/mol. The van der Waals surface area contributed by atoms with Crippen LogP contribution in [0.1, 0.15) is 46.0 Å². The van der Waals surface area contributed by atoms with E-state index in [-0.39, 0.29) is 42.2 Å². The van der Waals surface area contributed by atoms with Gasteiger partial charge in [-0.1, -0.05) is 6.42 Å². The molecule has 2 aliphatic rings. The molecule has 0 bridgehead atoms. The molecule has 22 heavy (non-hydrogen) atoms. The molecule has 2 heterocycles. The van der Waals surface area contributed by atoms with E-state index in [0.29, 0.717) is 0 Å². The van der Waals surface area contributed by atoms with Gasteiger partial charge in [0.05, 0.1) is 6.04 Å². The number of hydrogen-bond donors (Lipinski definition) is 1. The maximum atomic E-state index is 12.4. The first-order valence-corrected chi connectivity index (χ1v) is 8.29. The summed E-state index contributed by atoms with van der Waals surface area (Å²) in [6.07, 6.45) is 4.86. The highest BCUT2D eigenvalue weighted by Crippen LogP contribution is 2.21. The summed E-state index contributed by atoms with van der Waals surface area (Å²) in [4.78, 5) is 28.5. The lowest BCUT2D eigenvalue weighted by Gasteiger charge is -2.36. The summed E-state index contributed by atoms with van der Waals surface area (Å²) in [6.45, 7) is 6.46. The summed E-state index contributed by atoms with van der Waals surface area (Å²) in [5, 5.41) is 3.32. The lowest BCUT2D eigenvalue weighted by atomic mass is 9.94. The Bertz CT molecular complexity index is 376. The standard InChI is InChI=1S/C16H29N3O2.ClH/c1-12(2)18(3)15(20)13-7-10-19(11-8-13)16(21)14-6-4-5-9-17-14;/h12-14,17H,4-11H2,1-3H3;1H. The largest absolute Gasteiger partial charge is 0.343 e. The van der Waals surface area contributed by atoms with Crippen molar-refractivity contribution < 1.29 is 9.59 Å². The van der Waals surface area contributed by atoms with Gasteiger partial charge in [-0.15, -0.1) is 12.4 Å². The van der Waals surface area contributed by atoms with Crippen LogP contribution in [0.4, 0.5) is 0 Å². The number of nitrogens with one attached hydrogen (secondary N) is 1. The van der Waals surface area contributed by atoms with Crippen LogP contribution in [0.2, 0.25) is 0 Å². The van der Waals surface area contributed by atoms with E-state index in [4.69, 9.17) is 0 Å². The van der Waals surface area contributed by atoms with E-state index in [2.05, 4.69) is 5.32 Å². The van der Waals surface area contributed by atoms with Crippen LogP contribution in [-0.2, 0) is 9.59 Å². The van der Waals surface area contributed by atoms with Gasteiger partial charge in [-0.05, 0) is 46.1 Å². The number of likely N-dealkylation sites (tertiary alicyclic amines) is 1. The monoisotopic (exact) mass is 331 g/mol. The van der Waals surface area contributed by atoms with Crippen molar-refractivity contribution in [3.05, 3.63) is 0 Å². The quantitative estimate of drug-likeness (QED) is 0.855. The number of hydrogen-bond acceptors (Lipinski definition) is 3. The smallest absolute Gasteiger partial charge is 0.239 e. The number of halogens is 1. The molecule has 2 amide bonds. The van der Waals surface area contributed by atoms with Gasteiger partial charge in [0.1, 0.15) is 0 Å². The van der Waals surface area contributed by atoms with E-state index >= 15 is 0 Å². The minimum atomic E-state index is 0. The molecule has 128 valence electrons. The molecule has 5 nitrogen and oxygen atoms in total. The van der Waals surface area contributed by atoms with Crippen molar-refractivity contribution in [2.45, 2.75) is 58.0 Å². The van der Waals surface area contributed by atoms with Crippen LogP contribution >= 0.6 is 12.4 Å². The van der Waals surface area contributed by atoms with E-state index in [0.717, 1.165) is 45.3 Å². The SMILES string of the molecule is CC(C)N(C)C(=O)C1CCN(C(=O)C2CCCCN2)CC1.Cl. The number of nitrogens with zero attached hydrogens (tertiary/aromatic N) is 2. The zero-order chi connectivity index (χ0) is 15.4. The summed E-state index contributed by atoms with van der Waals surface area (Å²) in [6, 6.07) is 0.243. The zero-order valence-corrected chi connectivity index (χ0v) is 14.8. The van der Waals surface area contributed by atoms with Crippen molar-refractivity contribution in [2.24, 2.45) is 5.92 Å². The van der Waals surface area contributed by atoms with E-state index < -0.39 is 0 Å². The average Bonchev–Trinajstić information content (AvgIpc) is 2.53. The van der Waals surface area contributed by atoms with Crippen LogP contribution < -0.4 is 5.32 Å². The second-order valence-corrected chi connectivity index (χ2v) is 6.64. The molecule has 0 aromatic heterocycles. The van der Waals surface area contributed by atoms with Crippen molar-refractivity contribution in [2.75, 3.05) is 26.7 Å². The Morgan fingerprint density at radius 1 is 1.14 bits per heavy atom. The predicted octanol–water partition coefficient (Wildman–Crippen LogP) is 1.66. The van der Waals surface area contributed by atoms with Gasteiger partial charge in [0.25, 0.3) is 0 Å². The molecule has 0 spiro atoms. The molecule has 2 rings (SSSR count). The molecule has 1 atom stereocenters. The lowest BCUT2D eigenvalue weighted by molar-refractivity contribution is -0.142. The minimum Gasteiger partial charge on any atom is -0.343 e. The van der Waals surface area contributed by atoms with Crippen molar-refractivity contribution in [3.63, 3.8) is 0 Å². The zero-order valence-electron chi connectivity index (χ0n) is 14.0. The number of carbonyl (C=O) groups is 2. The van der Waals surface area contributed by atoms with Crippen LogP contribution in [0.3, 0.4) is 0 Å². The van der Waals surface area contributed by atoms with Gasteiger partial charge in [0.15, 0.2) is 0 Å². The highest BCUT2D eigenvalue weighted by atomic mass is 35.5. The van der Waals surface area contributed by atoms with Crippen molar-refractivity contribution >= 4 is 24.2 Å². The van der Waals surface area contributed by atoms with Crippen molar-refractivity contribution in [3.8, 4) is 0 Å². The van der Waals surface area contributed by atoms with E-state index in [1.165, 1.54) is 6.42 Å². The van der Waals surface area contributed by atoms with Gasteiger partial charge in [-0.25, -0.2) is 0 Å². The molecule has 2 fully saturated rings. The Hall–Kier alpha value is -0.810. The molecule has 0 saturated carbocycles. The third kappa shape index (κ3) is 4.59. The maximum absolute atomic E-state index is 12.4. The highest BCUT2D eigenvalue weighted by Gasteiger charge is 2.32. The van der Waals surface area contributed by atoms with Gasteiger partial charge in [0, 0.05) is 32.1 Å². The minimum absolute atomic E-state index is 0. The summed E-state index contributed by atoms with van der Waals surface area (Å²) in [5.74, 6) is 0.548. The molecule has 1 N–H and O–H groups in total. The van der Waals surface area contributed by atoms with Gasteiger partial charge >= 0.3 is 0 Å². The molecule has 0 radical (unpaired) electrons. The van der Waals surface area contributed by atoms with Gasteiger partial charge in [-0.2, -0.15) is 0 Å². The number of rotatable bonds is 3. The molecule has 1 unspecified atom stereocenters. The summed E-state index contributed by atoms with van der Waals surface area (Å²) >= 11 is 0. The second-order valence-electron chi connectivity index (χ2n) is 6.64. The predicted molar refractivity (Wildman–Crippen MR) is 90.1 cm³/mol. The van der Waals surface area contributed by atoms with Crippen LogP contribution in [0, 0.1) is 5.92 Å². The summed E-state index contributed by atoms with van der Waals surface area (Å²) < 4.78 is 0. The number of piperidine rings is 2. The third-order valence-electron chi connectivity index (χ3n) is 4.89.